The van der Waals surface area contributed by atoms with E-state index < -0.39 is 9.84 Å². The number of amides is 1. The second-order valence-electron chi connectivity index (χ2n) is 10.3. The van der Waals surface area contributed by atoms with Gasteiger partial charge in [-0.1, -0.05) is 24.0 Å². The van der Waals surface area contributed by atoms with Crippen LogP contribution in [0.3, 0.4) is 0 Å². The molecule has 1 saturated heterocycles. The third-order valence-corrected chi connectivity index (χ3v) is 8.93. The predicted octanol–water partition coefficient (Wildman–Crippen LogP) is 3.77. The van der Waals surface area contributed by atoms with Gasteiger partial charge in [0.1, 0.15) is 0 Å². The number of hydrogen-bond acceptors (Lipinski definition) is 6. The summed E-state index contributed by atoms with van der Waals surface area (Å²) in [5, 5.41) is 17.2. The second kappa shape index (κ2) is 14.3. The molecule has 5 rings (SSSR count). The molecule has 220 valence electrons. The molecule has 9 nitrogen and oxygen atoms in total. The lowest BCUT2D eigenvalue weighted by Crippen LogP contribution is -2.26. The SMILES string of the molecule is Cl.Cn1ccc(CS(=O)(=O)c2ccc(C(=O)NCCCc3cn[nH]c3)cc2C#Cc2ccc(C3CCNCC3)cc2)n1. The molecule has 0 radical (unpaired) electrons. The van der Waals surface area contributed by atoms with Crippen LogP contribution in [0.2, 0.25) is 0 Å². The maximum atomic E-state index is 13.4. The molecule has 42 heavy (non-hydrogen) atoms. The molecule has 4 aromatic rings. The van der Waals surface area contributed by atoms with Gasteiger partial charge in [0, 0.05) is 42.7 Å². The minimum absolute atomic E-state index is 0. The molecule has 0 unspecified atom stereocenters. The van der Waals surface area contributed by atoms with Crippen LogP contribution >= 0.6 is 12.4 Å². The molecular formula is C31H35ClN6O3S. The summed E-state index contributed by atoms with van der Waals surface area (Å²) < 4.78 is 28.4. The van der Waals surface area contributed by atoms with Crippen molar-refractivity contribution in [3.05, 3.63) is 101 Å². The Morgan fingerprint density at radius 1 is 1.10 bits per heavy atom. The normalized spacial score (nSPS) is 13.5. The molecule has 0 aliphatic carbocycles. The summed E-state index contributed by atoms with van der Waals surface area (Å²) in [4.78, 5) is 13.0. The van der Waals surface area contributed by atoms with Gasteiger partial charge in [0.2, 0.25) is 0 Å². The predicted molar refractivity (Wildman–Crippen MR) is 164 cm³/mol. The van der Waals surface area contributed by atoms with Crippen LogP contribution in [0.15, 0.2) is 72.0 Å². The highest BCUT2D eigenvalue weighted by atomic mass is 35.5. The molecule has 0 bridgehead atoms. The Hall–Kier alpha value is -3.91. The van der Waals surface area contributed by atoms with E-state index >= 15 is 0 Å². The van der Waals surface area contributed by atoms with Gasteiger partial charge in [-0.15, -0.1) is 12.4 Å². The number of nitrogens with zero attached hydrogens (tertiary/aromatic N) is 3. The van der Waals surface area contributed by atoms with Crippen LogP contribution in [0.1, 0.15) is 63.5 Å². The first-order valence-corrected chi connectivity index (χ1v) is 15.5. The van der Waals surface area contributed by atoms with E-state index in [9.17, 15) is 13.2 Å². The highest BCUT2D eigenvalue weighted by molar-refractivity contribution is 7.90. The highest BCUT2D eigenvalue weighted by Gasteiger charge is 2.22. The van der Waals surface area contributed by atoms with Gasteiger partial charge in [-0.2, -0.15) is 10.2 Å². The van der Waals surface area contributed by atoms with Gasteiger partial charge in [-0.05, 0) is 92.2 Å². The number of piperidine rings is 1. The molecule has 3 N–H and O–H groups in total. The largest absolute Gasteiger partial charge is 0.352 e. The number of aromatic nitrogens is 4. The number of carbonyl (C=O) groups is 1. The van der Waals surface area contributed by atoms with Gasteiger partial charge in [-0.3, -0.25) is 14.6 Å². The number of nitrogens with one attached hydrogen (secondary N) is 3. The molecule has 1 amide bonds. The number of sulfone groups is 1. The average Bonchev–Trinajstić information content (AvgIpc) is 3.66. The summed E-state index contributed by atoms with van der Waals surface area (Å²) in [6.45, 7) is 2.53. The summed E-state index contributed by atoms with van der Waals surface area (Å²) in [6.07, 6.45) is 9.06. The minimum atomic E-state index is -3.77. The number of hydrogen-bond donors (Lipinski definition) is 3. The first kappa shape index (κ1) is 31.0. The summed E-state index contributed by atoms with van der Waals surface area (Å²) in [7, 11) is -2.03. The Morgan fingerprint density at radius 3 is 2.57 bits per heavy atom. The zero-order valence-corrected chi connectivity index (χ0v) is 25.1. The fraction of sp³-hybridized carbons (Fsp3) is 0.323. The first-order valence-electron chi connectivity index (χ1n) is 13.8. The molecule has 0 atom stereocenters. The maximum absolute atomic E-state index is 13.4. The number of H-pyrrole nitrogens is 1. The van der Waals surface area contributed by atoms with E-state index in [1.54, 1.807) is 36.3 Å². The van der Waals surface area contributed by atoms with Gasteiger partial charge < -0.3 is 10.6 Å². The molecule has 1 aliphatic heterocycles. The van der Waals surface area contributed by atoms with Gasteiger partial charge in [0.15, 0.2) is 9.84 Å². The number of carbonyl (C=O) groups excluding carboxylic acids is 1. The van der Waals surface area contributed by atoms with Crippen molar-refractivity contribution < 1.29 is 13.2 Å². The Balaban J connectivity index is 0.00000405. The smallest absolute Gasteiger partial charge is 0.251 e. The van der Waals surface area contributed by atoms with Crippen molar-refractivity contribution in [3.8, 4) is 11.8 Å². The van der Waals surface area contributed by atoms with Gasteiger partial charge >= 0.3 is 0 Å². The van der Waals surface area contributed by atoms with Crippen molar-refractivity contribution in [2.75, 3.05) is 19.6 Å². The lowest BCUT2D eigenvalue weighted by atomic mass is 9.90. The van der Waals surface area contributed by atoms with Crippen molar-refractivity contribution in [2.24, 2.45) is 7.05 Å². The van der Waals surface area contributed by atoms with Crippen LogP contribution in [0, 0.1) is 11.8 Å². The molecule has 0 spiro atoms. The zero-order chi connectivity index (χ0) is 28.7. The van der Waals surface area contributed by atoms with Crippen molar-refractivity contribution in [1.82, 2.24) is 30.6 Å². The van der Waals surface area contributed by atoms with Crippen LogP contribution < -0.4 is 10.6 Å². The van der Waals surface area contributed by atoms with Crippen LogP contribution in [-0.4, -0.2) is 53.9 Å². The molecule has 1 aliphatic rings. The lowest BCUT2D eigenvalue weighted by molar-refractivity contribution is 0.0953. The van der Waals surface area contributed by atoms with Gasteiger partial charge in [-0.25, -0.2) is 8.42 Å². The standard InChI is InChI=1S/C31H34N6O3S.ClH/c1-37-18-14-29(36-37)22-41(39,40)30-11-10-28(31(38)33-15-2-3-24-20-34-35-21-24)19-27(30)9-6-23-4-7-25(8-5-23)26-12-16-32-17-13-26;/h4-5,7-8,10-11,14,18-21,26,32H,2-3,12-13,15-17,22H2,1H3,(H,33,38)(H,34,35);1H. The Labute approximate surface area is 252 Å². The maximum Gasteiger partial charge on any atom is 0.251 e. The summed E-state index contributed by atoms with van der Waals surface area (Å²) in [5.74, 6) is 6.17. The van der Waals surface area contributed by atoms with Crippen molar-refractivity contribution in [2.45, 2.75) is 42.2 Å². The Kier molecular flexibility index (Phi) is 10.6. The number of halogens is 1. The van der Waals surface area contributed by atoms with Crippen molar-refractivity contribution in [1.29, 1.82) is 0 Å². The van der Waals surface area contributed by atoms with E-state index in [1.807, 2.05) is 18.3 Å². The number of rotatable bonds is 9. The fourth-order valence-corrected chi connectivity index (χ4v) is 6.42. The third-order valence-electron chi connectivity index (χ3n) is 7.23. The van der Waals surface area contributed by atoms with Crippen LogP contribution in [-0.2, 0) is 29.1 Å². The van der Waals surface area contributed by atoms with Crippen molar-refractivity contribution >= 4 is 28.2 Å². The summed E-state index contributed by atoms with van der Waals surface area (Å²) in [5.41, 5.74) is 4.24. The summed E-state index contributed by atoms with van der Waals surface area (Å²) in [6, 6.07) is 14.4. The number of aryl methyl sites for hydroxylation is 2. The molecule has 3 heterocycles. The van der Waals surface area contributed by atoms with E-state index in [0.29, 0.717) is 23.7 Å². The van der Waals surface area contributed by atoms with E-state index in [2.05, 4.69) is 49.9 Å². The number of aromatic amines is 1. The molecule has 11 heteroatoms. The Morgan fingerprint density at radius 2 is 1.88 bits per heavy atom. The topological polar surface area (TPSA) is 122 Å². The zero-order valence-electron chi connectivity index (χ0n) is 23.5. The second-order valence-corrected chi connectivity index (χ2v) is 12.3. The monoisotopic (exact) mass is 606 g/mol. The van der Waals surface area contributed by atoms with E-state index in [0.717, 1.165) is 49.9 Å². The van der Waals surface area contributed by atoms with Crippen LogP contribution in [0.5, 0.6) is 0 Å². The molecule has 2 aromatic heterocycles. The summed E-state index contributed by atoms with van der Waals surface area (Å²) >= 11 is 0. The fourth-order valence-electron chi connectivity index (χ4n) is 5.00. The minimum Gasteiger partial charge on any atom is -0.352 e. The Bertz CT molecular complexity index is 1650. The van der Waals surface area contributed by atoms with Crippen LogP contribution in [0.4, 0.5) is 0 Å². The molecule has 0 saturated carbocycles. The lowest BCUT2D eigenvalue weighted by Gasteiger charge is -2.22. The quantitative estimate of drug-likeness (QED) is 0.197. The molecule has 1 fully saturated rings. The first-order chi connectivity index (χ1) is 19.9. The van der Waals surface area contributed by atoms with E-state index in [4.69, 9.17) is 0 Å². The average molecular weight is 607 g/mol. The van der Waals surface area contributed by atoms with E-state index in [-0.39, 0.29) is 34.5 Å². The number of benzene rings is 2. The van der Waals surface area contributed by atoms with Crippen LogP contribution in [0.25, 0.3) is 0 Å². The molecule has 2 aromatic carbocycles. The van der Waals surface area contributed by atoms with Gasteiger partial charge in [0.05, 0.1) is 22.5 Å². The van der Waals surface area contributed by atoms with Crippen molar-refractivity contribution in [3.63, 3.8) is 0 Å². The highest BCUT2D eigenvalue weighted by Crippen LogP contribution is 2.25. The molecular weight excluding hydrogens is 572 g/mol. The van der Waals surface area contributed by atoms with Gasteiger partial charge in [0.25, 0.3) is 5.91 Å². The van der Waals surface area contributed by atoms with E-state index in [1.165, 1.54) is 17.7 Å². The third kappa shape index (κ3) is 8.10.